The molecule has 0 N–H and O–H groups in total. The maximum absolute atomic E-state index is 11.4. The van der Waals surface area contributed by atoms with Crippen molar-refractivity contribution < 1.29 is 4.42 Å². The largest absolute Gasteiger partial charge is 0.419 e. The zero-order valence-electron chi connectivity index (χ0n) is 10.2. The maximum atomic E-state index is 11.4. The Morgan fingerprint density at radius 3 is 2.53 bits per heavy atom. The van der Waals surface area contributed by atoms with Crippen molar-refractivity contribution in [3.63, 3.8) is 0 Å². The monoisotopic (exact) mass is 229 g/mol. The van der Waals surface area contributed by atoms with Gasteiger partial charge in [-0.05, 0) is 11.5 Å². The first-order valence-corrected chi connectivity index (χ1v) is 5.74. The minimum atomic E-state index is -0.318. The van der Waals surface area contributed by atoms with E-state index in [0.717, 1.165) is 16.3 Å². The van der Waals surface area contributed by atoms with Crippen LogP contribution in [0.15, 0.2) is 45.6 Å². The first-order valence-electron chi connectivity index (χ1n) is 5.74. The number of aromatic nitrogens is 1. The Balaban J connectivity index is 0.000000514. The highest BCUT2D eigenvalue weighted by Gasteiger charge is 2.08. The summed E-state index contributed by atoms with van der Waals surface area (Å²) < 4.78 is 6.65. The van der Waals surface area contributed by atoms with Crippen LogP contribution in [0.1, 0.15) is 13.8 Å². The van der Waals surface area contributed by atoms with E-state index in [0.29, 0.717) is 5.58 Å². The summed E-state index contributed by atoms with van der Waals surface area (Å²) in [6.45, 7) is 4.00. The Hall–Kier alpha value is -2.03. The maximum Gasteiger partial charge on any atom is 0.419 e. The number of oxazole rings is 1. The highest BCUT2D eigenvalue weighted by atomic mass is 16.4. The van der Waals surface area contributed by atoms with Crippen molar-refractivity contribution in [2.24, 2.45) is 7.05 Å². The minimum absolute atomic E-state index is 0.318. The van der Waals surface area contributed by atoms with Gasteiger partial charge < -0.3 is 4.42 Å². The van der Waals surface area contributed by atoms with Crippen LogP contribution >= 0.6 is 0 Å². The molecule has 1 heterocycles. The van der Waals surface area contributed by atoms with Gasteiger partial charge in [-0.25, -0.2) is 4.79 Å². The fourth-order valence-electron chi connectivity index (χ4n) is 1.92. The van der Waals surface area contributed by atoms with Crippen LogP contribution in [0, 0.1) is 0 Å². The Morgan fingerprint density at radius 2 is 1.76 bits per heavy atom. The van der Waals surface area contributed by atoms with Gasteiger partial charge in [0.2, 0.25) is 0 Å². The number of fused-ring (bicyclic) bond motifs is 3. The zero-order valence-corrected chi connectivity index (χ0v) is 10.2. The van der Waals surface area contributed by atoms with Crippen molar-refractivity contribution in [1.29, 1.82) is 0 Å². The molecule has 0 unspecified atom stereocenters. The fourth-order valence-corrected chi connectivity index (χ4v) is 1.92. The molecular formula is C14H15NO2. The molecule has 88 valence electrons. The molecule has 0 bridgehead atoms. The van der Waals surface area contributed by atoms with Gasteiger partial charge in [0.05, 0.1) is 5.52 Å². The van der Waals surface area contributed by atoms with E-state index in [2.05, 4.69) is 0 Å². The first-order chi connectivity index (χ1) is 8.27. The van der Waals surface area contributed by atoms with Gasteiger partial charge in [-0.3, -0.25) is 4.57 Å². The summed E-state index contributed by atoms with van der Waals surface area (Å²) in [6.07, 6.45) is 0. The van der Waals surface area contributed by atoms with Gasteiger partial charge in [0, 0.05) is 12.4 Å². The SMILES string of the molecule is CC.Cn1c(=O)oc2ccc3ccccc3c21. The second-order valence-electron chi connectivity index (χ2n) is 3.56. The van der Waals surface area contributed by atoms with E-state index in [4.69, 9.17) is 4.42 Å². The highest BCUT2D eigenvalue weighted by Crippen LogP contribution is 2.23. The smallest absolute Gasteiger partial charge is 0.408 e. The Labute approximate surface area is 99.3 Å². The van der Waals surface area contributed by atoms with Crippen LogP contribution in [-0.4, -0.2) is 4.57 Å². The average molecular weight is 229 g/mol. The molecule has 0 amide bonds. The molecule has 0 aliphatic rings. The summed E-state index contributed by atoms with van der Waals surface area (Å²) in [4.78, 5) is 11.4. The van der Waals surface area contributed by atoms with Crippen molar-refractivity contribution in [3.05, 3.63) is 46.9 Å². The van der Waals surface area contributed by atoms with E-state index >= 15 is 0 Å². The third-order valence-electron chi connectivity index (χ3n) is 2.67. The van der Waals surface area contributed by atoms with E-state index in [-0.39, 0.29) is 5.76 Å². The summed E-state index contributed by atoms with van der Waals surface area (Å²) in [5.41, 5.74) is 1.50. The van der Waals surface area contributed by atoms with Gasteiger partial charge in [-0.2, -0.15) is 0 Å². The molecule has 0 aliphatic carbocycles. The van der Waals surface area contributed by atoms with Gasteiger partial charge in [-0.15, -0.1) is 0 Å². The van der Waals surface area contributed by atoms with E-state index in [1.807, 2.05) is 50.2 Å². The molecule has 0 saturated heterocycles. The number of hydrogen-bond donors (Lipinski definition) is 0. The molecule has 0 spiro atoms. The molecule has 0 radical (unpaired) electrons. The zero-order chi connectivity index (χ0) is 12.4. The van der Waals surface area contributed by atoms with Gasteiger partial charge in [-0.1, -0.05) is 44.2 Å². The predicted octanol–water partition coefficient (Wildman–Crippen LogP) is 3.31. The molecule has 17 heavy (non-hydrogen) atoms. The van der Waals surface area contributed by atoms with Crippen molar-refractivity contribution in [2.45, 2.75) is 13.8 Å². The summed E-state index contributed by atoms with van der Waals surface area (Å²) in [6, 6.07) is 11.7. The lowest BCUT2D eigenvalue weighted by Gasteiger charge is -1.98. The minimum Gasteiger partial charge on any atom is -0.408 e. The molecule has 3 aromatic rings. The summed E-state index contributed by atoms with van der Waals surface area (Å²) in [5, 5.41) is 2.16. The van der Waals surface area contributed by atoms with Crippen molar-refractivity contribution in [2.75, 3.05) is 0 Å². The highest BCUT2D eigenvalue weighted by molar-refractivity contribution is 6.03. The number of hydrogen-bond acceptors (Lipinski definition) is 2. The van der Waals surface area contributed by atoms with E-state index in [9.17, 15) is 4.79 Å². The predicted molar refractivity (Wildman–Crippen MR) is 70.3 cm³/mol. The summed E-state index contributed by atoms with van der Waals surface area (Å²) in [7, 11) is 1.72. The van der Waals surface area contributed by atoms with Crippen LogP contribution in [0.5, 0.6) is 0 Å². The molecule has 1 aromatic heterocycles. The van der Waals surface area contributed by atoms with E-state index in [1.54, 1.807) is 7.05 Å². The number of aryl methyl sites for hydroxylation is 1. The van der Waals surface area contributed by atoms with Crippen LogP contribution in [-0.2, 0) is 7.05 Å². The summed E-state index contributed by atoms with van der Waals surface area (Å²) >= 11 is 0. The number of benzene rings is 2. The second-order valence-corrected chi connectivity index (χ2v) is 3.56. The molecule has 0 atom stereocenters. The van der Waals surface area contributed by atoms with E-state index in [1.165, 1.54) is 4.57 Å². The molecule has 0 aliphatic heterocycles. The topological polar surface area (TPSA) is 35.1 Å². The van der Waals surface area contributed by atoms with Gasteiger partial charge in [0.15, 0.2) is 5.58 Å². The number of rotatable bonds is 0. The van der Waals surface area contributed by atoms with Crippen molar-refractivity contribution >= 4 is 21.9 Å². The lowest BCUT2D eigenvalue weighted by molar-refractivity contribution is 0.528. The molecule has 3 heteroatoms. The van der Waals surface area contributed by atoms with Crippen LogP contribution in [0.25, 0.3) is 21.9 Å². The van der Waals surface area contributed by atoms with E-state index < -0.39 is 0 Å². The van der Waals surface area contributed by atoms with Crippen molar-refractivity contribution in [3.8, 4) is 0 Å². The first kappa shape index (κ1) is 11.5. The molecule has 0 fully saturated rings. The normalized spacial score (nSPS) is 10.3. The Morgan fingerprint density at radius 1 is 1.06 bits per heavy atom. The molecule has 3 rings (SSSR count). The number of nitrogens with zero attached hydrogens (tertiary/aromatic N) is 1. The van der Waals surface area contributed by atoms with Gasteiger partial charge >= 0.3 is 5.76 Å². The van der Waals surface area contributed by atoms with Crippen LogP contribution in [0.2, 0.25) is 0 Å². The Bertz CT molecular complexity index is 707. The van der Waals surface area contributed by atoms with Crippen LogP contribution in [0.4, 0.5) is 0 Å². The average Bonchev–Trinajstić information content (AvgIpc) is 2.68. The van der Waals surface area contributed by atoms with Crippen LogP contribution in [0.3, 0.4) is 0 Å². The van der Waals surface area contributed by atoms with Crippen LogP contribution < -0.4 is 5.76 Å². The second kappa shape index (κ2) is 4.45. The molecule has 3 nitrogen and oxygen atoms in total. The fraction of sp³-hybridized carbons (Fsp3) is 0.214. The lowest BCUT2D eigenvalue weighted by Crippen LogP contribution is -2.08. The van der Waals surface area contributed by atoms with Crippen molar-refractivity contribution in [1.82, 2.24) is 4.57 Å². The molecule has 2 aromatic carbocycles. The Kier molecular flexibility index (Phi) is 3.00. The molecule has 0 saturated carbocycles. The third kappa shape index (κ3) is 1.73. The third-order valence-corrected chi connectivity index (χ3v) is 2.67. The van der Waals surface area contributed by atoms with Gasteiger partial charge in [0.1, 0.15) is 0 Å². The summed E-state index contributed by atoms with van der Waals surface area (Å²) in [5.74, 6) is -0.318. The lowest BCUT2D eigenvalue weighted by atomic mass is 10.1. The quantitative estimate of drug-likeness (QED) is 0.592. The van der Waals surface area contributed by atoms with Gasteiger partial charge in [0.25, 0.3) is 0 Å². The standard InChI is InChI=1S/C12H9NO2.C2H6/c1-13-11-9-5-3-2-4-8(9)6-7-10(11)15-12(13)14;1-2/h2-7H,1H3;1-2H3. The molecular weight excluding hydrogens is 214 g/mol.